The van der Waals surface area contributed by atoms with Crippen molar-refractivity contribution in [3.8, 4) is 0 Å². The predicted octanol–water partition coefficient (Wildman–Crippen LogP) is 1.83. The number of nitrogens with one attached hydrogen (secondary N) is 1. The molecule has 0 aliphatic rings. The highest BCUT2D eigenvalue weighted by molar-refractivity contribution is 5.19. The third-order valence-electron chi connectivity index (χ3n) is 3.08. The van der Waals surface area contributed by atoms with E-state index in [1.54, 1.807) is 0 Å². The highest BCUT2D eigenvalue weighted by atomic mass is 15.2. The van der Waals surface area contributed by atoms with E-state index in [2.05, 4.69) is 73.5 Å². The van der Waals surface area contributed by atoms with Crippen molar-refractivity contribution in [2.45, 2.75) is 13.0 Å². The Morgan fingerprint density at radius 1 is 1.06 bits per heavy atom. The average molecular weight is 249 g/mol. The largest absolute Gasteiger partial charge is 0.309 e. The molecule has 1 aromatic carbocycles. The van der Waals surface area contributed by atoms with Gasteiger partial charge in [-0.25, -0.2) is 0 Å². The summed E-state index contributed by atoms with van der Waals surface area (Å²) in [5.74, 6) is 0. The summed E-state index contributed by atoms with van der Waals surface area (Å²) in [7, 11) is 6.43. The van der Waals surface area contributed by atoms with Gasteiger partial charge in [0.25, 0.3) is 0 Å². The molecular weight excluding hydrogens is 222 g/mol. The lowest BCUT2D eigenvalue weighted by atomic mass is 10.1. The minimum atomic E-state index is 0.420. The summed E-state index contributed by atoms with van der Waals surface area (Å²) in [6.07, 6.45) is 0. The van der Waals surface area contributed by atoms with Gasteiger partial charge in [-0.15, -0.1) is 0 Å². The molecule has 0 radical (unpaired) electrons. The molecule has 0 aliphatic heterocycles. The van der Waals surface area contributed by atoms with Crippen LogP contribution in [0, 0.1) is 0 Å². The maximum absolute atomic E-state index is 3.56. The first kappa shape index (κ1) is 15.2. The van der Waals surface area contributed by atoms with Gasteiger partial charge in [0.1, 0.15) is 0 Å². The molecule has 0 aromatic heterocycles. The Bertz CT molecular complexity index is 311. The standard InChI is InChI=1S/C15H27N3/c1-5-16-15(14-9-7-6-8-10-14)13-18(4)12-11-17(2)3/h6-10,15-16H,5,11-13H2,1-4H3. The molecule has 0 aliphatic carbocycles. The topological polar surface area (TPSA) is 18.5 Å². The third kappa shape index (κ3) is 5.63. The van der Waals surface area contributed by atoms with Crippen LogP contribution in [0.25, 0.3) is 0 Å². The molecule has 18 heavy (non-hydrogen) atoms. The van der Waals surface area contributed by atoms with Crippen LogP contribution in [0.3, 0.4) is 0 Å². The number of nitrogens with zero attached hydrogens (tertiary/aromatic N) is 2. The summed E-state index contributed by atoms with van der Waals surface area (Å²) in [4.78, 5) is 4.61. The van der Waals surface area contributed by atoms with Gasteiger partial charge in [0.15, 0.2) is 0 Å². The van der Waals surface area contributed by atoms with Crippen LogP contribution < -0.4 is 5.32 Å². The lowest BCUT2D eigenvalue weighted by Crippen LogP contribution is -2.36. The van der Waals surface area contributed by atoms with E-state index in [1.165, 1.54) is 5.56 Å². The fourth-order valence-corrected chi connectivity index (χ4v) is 1.99. The van der Waals surface area contributed by atoms with E-state index in [9.17, 15) is 0 Å². The summed E-state index contributed by atoms with van der Waals surface area (Å²) in [5, 5.41) is 3.56. The van der Waals surface area contributed by atoms with E-state index >= 15 is 0 Å². The average Bonchev–Trinajstić information content (AvgIpc) is 2.37. The van der Waals surface area contributed by atoms with Gasteiger partial charge in [-0.3, -0.25) is 0 Å². The minimum Gasteiger partial charge on any atom is -0.309 e. The number of hydrogen-bond donors (Lipinski definition) is 1. The van der Waals surface area contributed by atoms with Gasteiger partial charge in [-0.1, -0.05) is 37.3 Å². The smallest absolute Gasteiger partial charge is 0.0449 e. The summed E-state index contributed by atoms with van der Waals surface area (Å²) in [6.45, 7) is 6.41. The molecule has 1 aromatic rings. The van der Waals surface area contributed by atoms with Gasteiger partial charge in [-0.2, -0.15) is 0 Å². The van der Waals surface area contributed by atoms with Crippen molar-refractivity contribution >= 4 is 0 Å². The van der Waals surface area contributed by atoms with Gasteiger partial charge in [0, 0.05) is 25.7 Å². The second-order valence-corrected chi connectivity index (χ2v) is 5.09. The normalized spacial score (nSPS) is 13.2. The van der Waals surface area contributed by atoms with E-state index in [0.29, 0.717) is 6.04 Å². The molecule has 102 valence electrons. The zero-order valence-corrected chi connectivity index (χ0v) is 12.2. The number of likely N-dealkylation sites (N-methyl/N-ethyl adjacent to an activating group) is 3. The van der Waals surface area contributed by atoms with Crippen LogP contribution in [0.5, 0.6) is 0 Å². The van der Waals surface area contributed by atoms with Crippen molar-refractivity contribution in [1.29, 1.82) is 0 Å². The fourth-order valence-electron chi connectivity index (χ4n) is 1.99. The molecule has 1 unspecified atom stereocenters. The Kier molecular flexibility index (Phi) is 6.94. The van der Waals surface area contributed by atoms with E-state index in [-0.39, 0.29) is 0 Å². The van der Waals surface area contributed by atoms with Crippen LogP contribution in [-0.4, -0.2) is 57.1 Å². The Labute approximate surface area is 112 Å². The Balaban J connectivity index is 2.52. The van der Waals surface area contributed by atoms with Gasteiger partial charge in [-0.05, 0) is 33.3 Å². The van der Waals surface area contributed by atoms with Crippen LogP contribution in [0.4, 0.5) is 0 Å². The quantitative estimate of drug-likeness (QED) is 0.758. The van der Waals surface area contributed by atoms with E-state index in [4.69, 9.17) is 0 Å². The molecule has 0 fully saturated rings. The van der Waals surface area contributed by atoms with Crippen LogP contribution in [0.1, 0.15) is 18.5 Å². The molecular formula is C15H27N3. The van der Waals surface area contributed by atoms with Crippen LogP contribution in [-0.2, 0) is 0 Å². The lowest BCUT2D eigenvalue weighted by Gasteiger charge is -2.26. The molecule has 1 atom stereocenters. The molecule has 3 nitrogen and oxygen atoms in total. The van der Waals surface area contributed by atoms with E-state index in [0.717, 1.165) is 26.2 Å². The summed E-state index contributed by atoms with van der Waals surface area (Å²) >= 11 is 0. The predicted molar refractivity (Wildman–Crippen MR) is 78.9 cm³/mol. The van der Waals surface area contributed by atoms with Gasteiger partial charge >= 0.3 is 0 Å². The second kappa shape index (κ2) is 8.25. The van der Waals surface area contributed by atoms with Crippen LogP contribution in [0.15, 0.2) is 30.3 Å². The number of hydrogen-bond acceptors (Lipinski definition) is 3. The van der Waals surface area contributed by atoms with Crippen molar-refractivity contribution in [1.82, 2.24) is 15.1 Å². The maximum atomic E-state index is 3.56. The van der Waals surface area contributed by atoms with Gasteiger partial charge in [0.2, 0.25) is 0 Å². The van der Waals surface area contributed by atoms with E-state index < -0.39 is 0 Å². The SMILES string of the molecule is CCNC(CN(C)CCN(C)C)c1ccccc1. The van der Waals surface area contributed by atoms with Gasteiger partial charge < -0.3 is 15.1 Å². The number of benzene rings is 1. The number of rotatable bonds is 8. The summed E-state index contributed by atoms with van der Waals surface area (Å²) in [6, 6.07) is 11.1. The molecule has 1 rings (SSSR count). The molecule has 1 N–H and O–H groups in total. The third-order valence-corrected chi connectivity index (χ3v) is 3.08. The summed E-state index contributed by atoms with van der Waals surface area (Å²) < 4.78 is 0. The van der Waals surface area contributed by atoms with Crippen molar-refractivity contribution in [2.24, 2.45) is 0 Å². The second-order valence-electron chi connectivity index (χ2n) is 5.09. The molecule has 3 heteroatoms. The Hall–Kier alpha value is -0.900. The minimum absolute atomic E-state index is 0.420. The van der Waals surface area contributed by atoms with Crippen molar-refractivity contribution in [2.75, 3.05) is 47.3 Å². The Morgan fingerprint density at radius 3 is 2.28 bits per heavy atom. The van der Waals surface area contributed by atoms with Crippen molar-refractivity contribution < 1.29 is 0 Å². The highest BCUT2D eigenvalue weighted by Gasteiger charge is 2.12. The molecule has 0 heterocycles. The summed E-state index contributed by atoms with van der Waals surface area (Å²) in [5.41, 5.74) is 1.37. The molecule has 0 amide bonds. The fraction of sp³-hybridized carbons (Fsp3) is 0.600. The molecule has 0 saturated carbocycles. The van der Waals surface area contributed by atoms with Crippen molar-refractivity contribution in [3.05, 3.63) is 35.9 Å². The first-order chi connectivity index (χ1) is 8.63. The zero-order chi connectivity index (χ0) is 13.4. The first-order valence-corrected chi connectivity index (χ1v) is 6.75. The monoisotopic (exact) mass is 249 g/mol. The molecule has 0 spiro atoms. The highest BCUT2D eigenvalue weighted by Crippen LogP contribution is 2.13. The molecule has 0 bridgehead atoms. The van der Waals surface area contributed by atoms with Crippen LogP contribution in [0.2, 0.25) is 0 Å². The Morgan fingerprint density at radius 2 is 1.72 bits per heavy atom. The van der Waals surface area contributed by atoms with Crippen molar-refractivity contribution in [3.63, 3.8) is 0 Å². The van der Waals surface area contributed by atoms with Gasteiger partial charge in [0.05, 0.1) is 0 Å². The van der Waals surface area contributed by atoms with Crippen LogP contribution >= 0.6 is 0 Å². The van der Waals surface area contributed by atoms with E-state index in [1.807, 2.05) is 0 Å². The zero-order valence-electron chi connectivity index (χ0n) is 12.2. The lowest BCUT2D eigenvalue weighted by molar-refractivity contribution is 0.257. The first-order valence-electron chi connectivity index (χ1n) is 6.75. The maximum Gasteiger partial charge on any atom is 0.0449 e. The molecule has 0 saturated heterocycles.